The van der Waals surface area contributed by atoms with E-state index >= 15 is 0 Å². The Morgan fingerprint density at radius 1 is 1.25 bits per heavy atom. The van der Waals surface area contributed by atoms with Crippen LogP contribution in [-0.4, -0.2) is 31.2 Å². The Morgan fingerprint density at radius 3 is 2.50 bits per heavy atom. The van der Waals surface area contributed by atoms with Crippen molar-refractivity contribution in [3.05, 3.63) is 6.33 Å². The van der Waals surface area contributed by atoms with Crippen molar-refractivity contribution in [3.63, 3.8) is 0 Å². The highest BCUT2D eigenvalue weighted by Gasteiger charge is 2.10. The van der Waals surface area contributed by atoms with Crippen LogP contribution in [0.1, 0.15) is 0 Å². The van der Waals surface area contributed by atoms with Crippen molar-refractivity contribution >= 4 is 5.82 Å². The van der Waals surface area contributed by atoms with Gasteiger partial charge >= 0.3 is 0 Å². The van der Waals surface area contributed by atoms with Crippen LogP contribution in [0.15, 0.2) is 6.33 Å². The Bertz CT molecular complexity index is 243. The topological polar surface area (TPSA) is 56.3 Å². The van der Waals surface area contributed by atoms with Gasteiger partial charge in [0.1, 0.15) is 6.33 Å². The predicted octanol–water partition coefficient (Wildman–Crippen LogP) is 0.535. The van der Waals surface area contributed by atoms with E-state index < -0.39 is 0 Å². The monoisotopic (exact) mass is 169 g/mol. The van der Waals surface area contributed by atoms with E-state index in [1.165, 1.54) is 13.4 Å². The van der Waals surface area contributed by atoms with Crippen LogP contribution < -0.4 is 14.8 Å². The van der Waals surface area contributed by atoms with Crippen molar-refractivity contribution in [3.8, 4) is 11.6 Å². The van der Waals surface area contributed by atoms with Crippen molar-refractivity contribution in [2.45, 2.75) is 0 Å². The molecule has 12 heavy (non-hydrogen) atoms. The maximum Gasteiger partial charge on any atom is 0.262 e. The number of rotatable bonds is 3. The molecule has 0 aliphatic rings. The molecule has 5 heteroatoms. The molecule has 0 aliphatic heterocycles. The van der Waals surface area contributed by atoms with Crippen LogP contribution >= 0.6 is 0 Å². The maximum atomic E-state index is 5.05. The third-order valence-corrected chi connectivity index (χ3v) is 1.41. The standard InChI is InChI=1S/C7H11N3O2/c1-8-6-5(11-2)7(12-3)10-4-9-6/h4H,1-3H3,(H,8,9,10). The summed E-state index contributed by atoms with van der Waals surface area (Å²) in [7, 11) is 4.83. The summed E-state index contributed by atoms with van der Waals surface area (Å²) in [5.74, 6) is 1.56. The molecule has 0 unspecified atom stereocenters. The molecule has 0 saturated carbocycles. The fourth-order valence-electron chi connectivity index (χ4n) is 0.865. The first-order valence-electron chi connectivity index (χ1n) is 3.44. The van der Waals surface area contributed by atoms with Crippen molar-refractivity contribution < 1.29 is 9.47 Å². The number of nitrogens with zero attached hydrogens (tertiary/aromatic N) is 2. The van der Waals surface area contributed by atoms with Crippen LogP contribution in [0.5, 0.6) is 11.6 Å². The highest BCUT2D eigenvalue weighted by atomic mass is 16.5. The molecule has 1 rings (SSSR count). The number of hydrogen-bond donors (Lipinski definition) is 1. The van der Waals surface area contributed by atoms with Crippen LogP contribution in [0.25, 0.3) is 0 Å². The maximum absolute atomic E-state index is 5.05. The number of nitrogens with one attached hydrogen (secondary N) is 1. The molecule has 0 atom stereocenters. The molecule has 1 aromatic heterocycles. The van der Waals surface area contributed by atoms with Gasteiger partial charge in [-0.05, 0) is 0 Å². The molecule has 1 N–H and O–H groups in total. The van der Waals surface area contributed by atoms with Crippen LogP contribution in [0, 0.1) is 0 Å². The first kappa shape index (κ1) is 8.58. The highest BCUT2D eigenvalue weighted by Crippen LogP contribution is 2.29. The summed E-state index contributed by atoms with van der Waals surface area (Å²) < 4.78 is 10.0. The average Bonchev–Trinajstić information content (AvgIpc) is 2.16. The number of ether oxygens (including phenoxy) is 2. The minimum absolute atomic E-state index is 0.428. The summed E-state index contributed by atoms with van der Waals surface area (Å²) in [5, 5.41) is 2.87. The molecule has 0 amide bonds. The second-order valence-corrected chi connectivity index (χ2v) is 2.01. The van der Waals surface area contributed by atoms with Crippen LogP contribution in [-0.2, 0) is 0 Å². The van der Waals surface area contributed by atoms with Gasteiger partial charge in [0, 0.05) is 7.05 Å². The highest BCUT2D eigenvalue weighted by molar-refractivity contribution is 5.54. The molecular weight excluding hydrogens is 158 g/mol. The van der Waals surface area contributed by atoms with Gasteiger partial charge in [-0.1, -0.05) is 0 Å². The van der Waals surface area contributed by atoms with Crippen molar-refractivity contribution in [2.24, 2.45) is 0 Å². The molecule has 1 aromatic rings. The van der Waals surface area contributed by atoms with E-state index in [0.717, 1.165) is 0 Å². The van der Waals surface area contributed by atoms with Gasteiger partial charge in [-0.3, -0.25) is 0 Å². The van der Waals surface area contributed by atoms with Gasteiger partial charge < -0.3 is 14.8 Å². The minimum Gasteiger partial charge on any atom is -0.489 e. The van der Waals surface area contributed by atoms with Gasteiger partial charge in [0.05, 0.1) is 14.2 Å². The zero-order chi connectivity index (χ0) is 8.97. The third kappa shape index (κ3) is 1.39. The zero-order valence-electron chi connectivity index (χ0n) is 7.29. The Hall–Kier alpha value is -1.52. The number of hydrogen-bond acceptors (Lipinski definition) is 5. The van der Waals surface area contributed by atoms with Gasteiger partial charge in [-0.2, -0.15) is 4.98 Å². The van der Waals surface area contributed by atoms with E-state index in [0.29, 0.717) is 17.4 Å². The molecule has 0 saturated heterocycles. The Kier molecular flexibility index (Phi) is 2.68. The molecule has 0 aliphatic carbocycles. The van der Waals surface area contributed by atoms with E-state index in [9.17, 15) is 0 Å². The van der Waals surface area contributed by atoms with E-state index in [-0.39, 0.29) is 0 Å². The summed E-state index contributed by atoms with van der Waals surface area (Å²) >= 11 is 0. The lowest BCUT2D eigenvalue weighted by atomic mass is 10.5. The number of aromatic nitrogens is 2. The van der Waals surface area contributed by atoms with Crippen LogP contribution in [0.4, 0.5) is 5.82 Å². The molecule has 0 radical (unpaired) electrons. The summed E-state index contributed by atoms with van der Waals surface area (Å²) in [5.41, 5.74) is 0. The van der Waals surface area contributed by atoms with E-state index in [4.69, 9.17) is 9.47 Å². The van der Waals surface area contributed by atoms with Crippen LogP contribution in [0.2, 0.25) is 0 Å². The van der Waals surface area contributed by atoms with Gasteiger partial charge in [0.15, 0.2) is 5.82 Å². The fraction of sp³-hybridized carbons (Fsp3) is 0.429. The lowest BCUT2D eigenvalue weighted by molar-refractivity contribution is 0.342. The molecule has 0 aromatic carbocycles. The SMILES string of the molecule is CNc1ncnc(OC)c1OC. The quantitative estimate of drug-likeness (QED) is 0.715. The zero-order valence-corrected chi connectivity index (χ0v) is 7.29. The first-order valence-corrected chi connectivity index (χ1v) is 3.44. The first-order chi connectivity index (χ1) is 5.83. The molecule has 0 fully saturated rings. The average molecular weight is 169 g/mol. The Balaban J connectivity index is 3.13. The molecule has 0 spiro atoms. The Morgan fingerprint density at radius 2 is 2.00 bits per heavy atom. The summed E-state index contributed by atoms with van der Waals surface area (Å²) in [6.45, 7) is 0. The number of anilines is 1. The summed E-state index contributed by atoms with van der Waals surface area (Å²) in [4.78, 5) is 7.83. The fourth-order valence-corrected chi connectivity index (χ4v) is 0.865. The minimum atomic E-state index is 0.428. The predicted molar refractivity (Wildman–Crippen MR) is 44.7 cm³/mol. The summed E-state index contributed by atoms with van der Waals surface area (Å²) in [6, 6.07) is 0. The van der Waals surface area contributed by atoms with E-state index in [2.05, 4.69) is 15.3 Å². The van der Waals surface area contributed by atoms with Gasteiger partial charge in [-0.15, -0.1) is 0 Å². The normalized spacial score (nSPS) is 9.25. The molecular formula is C7H11N3O2. The lowest BCUT2D eigenvalue weighted by Gasteiger charge is -2.08. The van der Waals surface area contributed by atoms with Gasteiger partial charge in [-0.25, -0.2) is 4.98 Å². The second-order valence-electron chi connectivity index (χ2n) is 2.01. The van der Waals surface area contributed by atoms with Crippen LogP contribution in [0.3, 0.4) is 0 Å². The molecule has 5 nitrogen and oxygen atoms in total. The smallest absolute Gasteiger partial charge is 0.262 e. The van der Waals surface area contributed by atoms with E-state index in [1.54, 1.807) is 14.2 Å². The van der Waals surface area contributed by atoms with E-state index in [1.807, 2.05) is 0 Å². The van der Waals surface area contributed by atoms with Gasteiger partial charge in [0.2, 0.25) is 5.75 Å². The van der Waals surface area contributed by atoms with Crippen molar-refractivity contribution in [1.29, 1.82) is 0 Å². The lowest BCUT2D eigenvalue weighted by Crippen LogP contribution is -2.00. The van der Waals surface area contributed by atoms with Crippen molar-refractivity contribution in [2.75, 3.05) is 26.6 Å². The molecule has 1 heterocycles. The third-order valence-electron chi connectivity index (χ3n) is 1.41. The summed E-state index contributed by atoms with van der Waals surface area (Å²) in [6.07, 6.45) is 1.41. The Labute approximate surface area is 70.7 Å². The second kappa shape index (κ2) is 3.75. The largest absolute Gasteiger partial charge is 0.489 e. The molecule has 66 valence electrons. The van der Waals surface area contributed by atoms with Gasteiger partial charge in [0.25, 0.3) is 5.88 Å². The number of methoxy groups -OCH3 is 2. The molecule has 0 bridgehead atoms. The van der Waals surface area contributed by atoms with Crippen molar-refractivity contribution in [1.82, 2.24) is 9.97 Å².